The molecule has 2 heterocycles. The fraction of sp³-hybridized carbons (Fsp3) is 0.647. The van der Waals surface area contributed by atoms with Crippen LogP contribution >= 0.6 is 0 Å². The molecule has 0 aliphatic carbocycles. The Morgan fingerprint density at radius 3 is 2.33 bits per heavy atom. The van der Waals surface area contributed by atoms with Gasteiger partial charge in [0.15, 0.2) is 0 Å². The summed E-state index contributed by atoms with van der Waals surface area (Å²) >= 11 is 0. The van der Waals surface area contributed by atoms with Crippen molar-refractivity contribution in [3.63, 3.8) is 0 Å². The molecule has 2 unspecified atom stereocenters. The van der Waals surface area contributed by atoms with Crippen molar-refractivity contribution in [3.05, 3.63) is 30.1 Å². The third-order valence-electron chi connectivity index (χ3n) is 5.32. The summed E-state index contributed by atoms with van der Waals surface area (Å²) < 4.78 is 47.1. The van der Waals surface area contributed by atoms with E-state index in [0.717, 1.165) is 25.9 Å². The summed E-state index contributed by atoms with van der Waals surface area (Å²) in [5.74, 6) is -0.441. The maximum Gasteiger partial charge on any atom is 0.243 e. The molecule has 5 nitrogen and oxygen atoms in total. The second-order valence-electron chi connectivity index (χ2n) is 7.00. The van der Waals surface area contributed by atoms with E-state index in [1.807, 2.05) is 13.8 Å². The Labute approximate surface area is 143 Å². The number of likely N-dealkylation sites (tertiary alicyclic amines) is 1. The summed E-state index contributed by atoms with van der Waals surface area (Å²) in [5, 5.41) is 0. The number of hydrogen-bond donors (Lipinski definition) is 0. The Kier molecular flexibility index (Phi) is 4.72. The lowest BCUT2D eigenvalue weighted by molar-refractivity contribution is -0.178. The Morgan fingerprint density at radius 1 is 1.17 bits per heavy atom. The number of rotatable bonds is 2. The van der Waals surface area contributed by atoms with Gasteiger partial charge in [-0.25, -0.2) is 12.8 Å². The zero-order valence-corrected chi connectivity index (χ0v) is 15.2. The molecule has 134 valence electrons. The van der Waals surface area contributed by atoms with Crippen LogP contribution in [-0.2, 0) is 14.8 Å². The van der Waals surface area contributed by atoms with E-state index in [4.69, 9.17) is 4.74 Å². The highest BCUT2D eigenvalue weighted by Crippen LogP contribution is 2.39. The molecule has 24 heavy (non-hydrogen) atoms. The van der Waals surface area contributed by atoms with Crippen LogP contribution in [0, 0.1) is 5.82 Å². The maximum absolute atomic E-state index is 13.1. The van der Waals surface area contributed by atoms with E-state index in [9.17, 15) is 12.8 Å². The average molecular weight is 356 g/mol. The normalized spacial score (nSPS) is 29.0. The highest BCUT2D eigenvalue weighted by atomic mass is 32.2. The van der Waals surface area contributed by atoms with Gasteiger partial charge in [-0.15, -0.1) is 0 Å². The van der Waals surface area contributed by atoms with Crippen molar-refractivity contribution in [2.75, 3.05) is 26.7 Å². The standard InChI is InChI=1S/C17H25FN2O3S/c1-13-12-20(24(21,22)16-6-4-15(18)5-7-16)14(2)17(23-13)8-10-19(3)11-9-17/h4-7,13-14H,8-12H2,1-3H3. The van der Waals surface area contributed by atoms with E-state index in [2.05, 4.69) is 11.9 Å². The minimum atomic E-state index is -3.68. The van der Waals surface area contributed by atoms with Crippen molar-refractivity contribution in [2.45, 2.75) is 49.3 Å². The lowest BCUT2D eigenvalue weighted by Crippen LogP contribution is -2.64. The largest absolute Gasteiger partial charge is 0.369 e. The van der Waals surface area contributed by atoms with Crippen molar-refractivity contribution in [2.24, 2.45) is 0 Å². The van der Waals surface area contributed by atoms with Crippen LogP contribution in [0.1, 0.15) is 26.7 Å². The van der Waals surface area contributed by atoms with Gasteiger partial charge in [-0.3, -0.25) is 0 Å². The number of morpholine rings is 1. The molecule has 7 heteroatoms. The van der Waals surface area contributed by atoms with Gasteiger partial charge in [0.25, 0.3) is 0 Å². The molecule has 2 fully saturated rings. The lowest BCUT2D eigenvalue weighted by atomic mass is 9.83. The van der Waals surface area contributed by atoms with Crippen LogP contribution in [0.25, 0.3) is 0 Å². The van der Waals surface area contributed by atoms with Gasteiger partial charge < -0.3 is 9.64 Å². The highest BCUT2D eigenvalue weighted by molar-refractivity contribution is 7.89. The summed E-state index contributed by atoms with van der Waals surface area (Å²) in [6.45, 7) is 5.94. The Hall–Kier alpha value is -1.02. The molecule has 0 aromatic heterocycles. The fourth-order valence-corrected chi connectivity index (χ4v) is 5.56. The number of ether oxygens (including phenoxy) is 1. The van der Waals surface area contributed by atoms with Gasteiger partial charge in [0, 0.05) is 19.6 Å². The molecule has 2 saturated heterocycles. The van der Waals surface area contributed by atoms with Crippen LogP contribution in [0.2, 0.25) is 0 Å². The highest BCUT2D eigenvalue weighted by Gasteiger charge is 2.50. The van der Waals surface area contributed by atoms with E-state index >= 15 is 0 Å². The number of benzene rings is 1. The molecule has 2 aliphatic heterocycles. The van der Waals surface area contributed by atoms with Crippen LogP contribution in [0.4, 0.5) is 4.39 Å². The Morgan fingerprint density at radius 2 is 1.75 bits per heavy atom. The predicted octanol–water partition coefficient (Wildman–Crippen LogP) is 2.09. The van der Waals surface area contributed by atoms with Gasteiger partial charge in [0.1, 0.15) is 5.82 Å². The van der Waals surface area contributed by atoms with Crippen molar-refractivity contribution in [1.29, 1.82) is 0 Å². The molecule has 1 aromatic rings. The second-order valence-corrected chi connectivity index (χ2v) is 8.89. The first-order valence-corrected chi connectivity index (χ1v) is 9.82. The van der Waals surface area contributed by atoms with Crippen LogP contribution in [0.3, 0.4) is 0 Å². The molecule has 0 N–H and O–H groups in total. The quantitative estimate of drug-likeness (QED) is 0.814. The topological polar surface area (TPSA) is 49.9 Å². The summed E-state index contributed by atoms with van der Waals surface area (Å²) in [4.78, 5) is 2.37. The van der Waals surface area contributed by atoms with Gasteiger partial charge >= 0.3 is 0 Å². The van der Waals surface area contributed by atoms with E-state index < -0.39 is 21.4 Å². The first-order valence-electron chi connectivity index (χ1n) is 8.38. The molecule has 3 rings (SSSR count). The molecular weight excluding hydrogens is 331 g/mol. The minimum Gasteiger partial charge on any atom is -0.369 e. The predicted molar refractivity (Wildman–Crippen MR) is 89.8 cm³/mol. The molecule has 0 bridgehead atoms. The van der Waals surface area contributed by atoms with Crippen molar-refractivity contribution in [3.8, 4) is 0 Å². The SMILES string of the molecule is CC1CN(S(=O)(=O)c2ccc(F)cc2)C(C)C2(CCN(C)CC2)O1. The minimum absolute atomic E-state index is 0.132. The van der Waals surface area contributed by atoms with Crippen molar-refractivity contribution < 1.29 is 17.5 Å². The van der Waals surface area contributed by atoms with Gasteiger partial charge in [-0.1, -0.05) is 0 Å². The molecule has 2 atom stereocenters. The summed E-state index contributed by atoms with van der Waals surface area (Å²) in [7, 11) is -1.61. The summed E-state index contributed by atoms with van der Waals surface area (Å²) in [6.07, 6.45) is 1.45. The molecule has 0 amide bonds. The molecule has 0 saturated carbocycles. The molecule has 1 spiro atoms. The van der Waals surface area contributed by atoms with Crippen molar-refractivity contribution >= 4 is 10.0 Å². The van der Waals surface area contributed by atoms with E-state index in [-0.39, 0.29) is 17.0 Å². The maximum atomic E-state index is 13.1. The van der Waals surface area contributed by atoms with Gasteiger partial charge in [0.2, 0.25) is 10.0 Å². The van der Waals surface area contributed by atoms with E-state index in [1.165, 1.54) is 24.3 Å². The zero-order valence-electron chi connectivity index (χ0n) is 14.4. The van der Waals surface area contributed by atoms with Crippen LogP contribution in [0.5, 0.6) is 0 Å². The molecule has 2 aliphatic rings. The summed E-state index contributed by atoms with van der Waals surface area (Å²) in [5.41, 5.74) is -0.447. The molecule has 1 aromatic carbocycles. The van der Waals surface area contributed by atoms with E-state index in [0.29, 0.717) is 6.54 Å². The monoisotopic (exact) mass is 356 g/mol. The smallest absolute Gasteiger partial charge is 0.243 e. The fourth-order valence-electron chi connectivity index (χ4n) is 3.79. The number of hydrogen-bond acceptors (Lipinski definition) is 4. The first kappa shape index (κ1) is 17.8. The number of nitrogens with zero attached hydrogens (tertiary/aromatic N) is 2. The van der Waals surface area contributed by atoms with Gasteiger partial charge in [0.05, 0.1) is 22.6 Å². The first-order chi connectivity index (χ1) is 11.2. The third-order valence-corrected chi connectivity index (χ3v) is 7.27. The molecular formula is C17H25FN2O3S. The lowest BCUT2D eigenvalue weighted by Gasteiger charge is -2.52. The van der Waals surface area contributed by atoms with Gasteiger partial charge in [-0.2, -0.15) is 4.31 Å². The van der Waals surface area contributed by atoms with Gasteiger partial charge in [-0.05, 0) is 58.0 Å². The number of sulfonamides is 1. The van der Waals surface area contributed by atoms with Crippen LogP contribution in [-0.4, -0.2) is 62.1 Å². The number of piperidine rings is 1. The van der Waals surface area contributed by atoms with E-state index in [1.54, 1.807) is 4.31 Å². The average Bonchev–Trinajstić information content (AvgIpc) is 2.54. The second kappa shape index (κ2) is 6.37. The Bertz CT molecular complexity index is 684. The number of halogens is 1. The van der Waals surface area contributed by atoms with Crippen molar-refractivity contribution in [1.82, 2.24) is 9.21 Å². The molecule has 0 radical (unpaired) electrons. The third kappa shape index (κ3) is 3.10. The van der Waals surface area contributed by atoms with Crippen LogP contribution < -0.4 is 0 Å². The Balaban J connectivity index is 1.93. The summed E-state index contributed by atoms with van der Waals surface area (Å²) in [6, 6.07) is 4.79. The van der Waals surface area contributed by atoms with Crippen LogP contribution in [0.15, 0.2) is 29.2 Å². The zero-order chi connectivity index (χ0) is 17.5.